The maximum absolute atomic E-state index is 13.3. The van der Waals surface area contributed by atoms with E-state index in [2.05, 4.69) is 0 Å². The fourth-order valence-corrected chi connectivity index (χ4v) is 3.97. The zero-order valence-corrected chi connectivity index (χ0v) is 23.5. The van der Waals surface area contributed by atoms with Crippen LogP contribution in [0.15, 0.2) is 97.1 Å². The van der Waals surface area contributed by atoms with E-state index in [1.165, 1.54) is 36.4 Å². The van der Waals surface area contributed by atoms with Crippen molar-refractivity contribution in [2.75, 3.05) is 6.61 Å². The molecule has 0 amide bonds. The fourth-order valence-electron chi connectivity index (χ4n) is 3.97. The van der Waals surface area contributed by atoms with Crippen LogP contribution in [0.3, 0.4) is 0 Å². The molecule has 0 N–H and O–H groups in total. The molecule has 4 aromatic carbocycles. The highest BCUT2D eigenvalue weighted by atomic mass is 16.6. The summed E-state index contributed by atoms with van der Waals surface area (Å²) >= 11 is 0. The molecule has 218 valence electrons. The number of rotatable bonds is 11. The van der Waals surface area contributed by atoms with Crippen molar-refractivity contribution in [2.24, 2.45) is 0 Å². The highest BCUT2D eigenvalue weighted by molar-refractivity contribution is 6.10. The Morgan fingerprint density at radius 3 is 1.47 bits per heavy atom. The first-order chi connectivity index (χ1) is 20.8. The van der Waals surface area contributed by atoms with Gasteiger partial charge in [-0.15, -0.1) is 0 Å². The number of carbonyl (C=O) groups excluding carboxylic acids is 5. The first kappa shape index (κ1) is 30.4. The second-order valence-electron chi connectivity index (χ2n) is 9.27. The van der Waals surface area contributed by atoms with Crippen LogP contribution < -0.4 is 14.2 Å². The monoisotopic (exact) mass is 580 g/mol. The van der Waals surface area contributed by atoms with E-state index in [0.29, 0.717) is 6.42 Å². The number of ketones is 1. The van der Waals surface area contributed by atoms with Crippen molar-refractivity contribution in [1.29, 1.82) is 0 Å². The van der Waals surface area contributed by atoms with Gasteiger partial charge >= 0.3 is 23.9 Å². The summed E-state index contributed by atoms with van der Waals surface area (Å²) in [5.41, 5.74) is -0.351. The molecule has 9 heteroatoms. The number of hydrogen-bond donors (Lipinski definition) is 0. The number of hydrogen-bond acceptors (Lipinski definition) is 9. The van der Waals surface area contributed by atoms with Crippen molar-refractivity contribution in [3.05, 3.63) is 125 Å². The van der Waals surface area contributed by atoms with Gasteiger partial charge < -0.3 is 18.9 Å². The summed E-state index contributed by atoms with van der Waals surface area (Å²) in [5.74, 6) is -5.87. The number of esters is 4. The van der Waals surface area contributed by atoms with Gasteiger partial charge in [-0.1, -0.05) is 67.9 Å². The smallest absolute Gasteiger partial charge is 0.343 e. The lowest BCUT2D eigenvalue weighted by molar-refractivity contribution is 0.0492. The summed E-state index contributed by atoms with van der Waals surface area (Å²) < 4.78 is 22.3. The van der Waals surface area contributed by atoms with Gasteiger partial charge in [-0.2, -0.15) is 0 Å². The third-order valence-electron chi connectivity index (χ3n) is 6.13. The molecule has 4 aromatic rings. The summed E-state index contributed by atoms with van der Waals surface area (Å²) in [6.45, 7) is 3.11. The Balaban J connectivity index is 1.93. The number of carbonyl (C=O) groups is 5. The number of ether oxygens (including phenoxy) is 4. The first-order valence-electron chi connectivity index (χ1n) is 13.5. The van der Waals surface area contributed by atoms with Crippen molar-refractivity contribution >= 4 is 29.7 Å². The van der Waals surface area contributed by atoms with E-state index in [1.807, 2.05) is 6.92 Å². The Bertz CT molecular complexity index is 1630. The molecule has 0 aliphatic carbocycles. The molecular weight excluding hydrogens is 552 g/mol. The number of unbranched alkanes of at least 4 members (excludes halogenated alkanes) is 1. The van der Waals surface area contributed by atoms with Gasteiger partial charge in [0.15, 0.2) is 17.3 Å². The topological polar surface area (TPSA) is 122 Å². The molecule has 0 heterocycles. The zero-order valence-electron chi connectivity index (χ0n) is 23.5. The summed E-state index contributed by atoms with van der Waals surface area (Å²) in [6.07, 6.45) is 1.29. The highest BCUT2D eigenvalue weighted by Crippen LogP contribution is 2.44. The Kier molecular flexibility index (Phi) is 10.1. The van der Waals surface area contributed by atoms with Crippen LogP contribution in [-0.2, 0) is 4.74 Å². The number of benzene rings is 4. The van der Waals surface area contributed by atoms with Gasteiger partial charge in [0, 0.05) is 6.07 Å². The largest absolute Gasteiger partial charge is 0.462 e. The Hall–Kier alpha value is -5.57. The third kappa shape index (κ3) is 7.59. The van der Waals surface area contributed by atoms with E-state index < -0.39 is 46.9 Å². The van der Waals surface area contributed by atoms with Crippen LogP contribution in [0.25, 0.3) is 0 Å². The normalized spacial score (nSPS) is 10.4. The van der Waals surface area contributed by atoms with Gasteiger partial charge in [-0.3, -0.25) is 4.79 Å². The minimum absolute atomic E-state index is 0.0513. The van der Waals surface area contributed by atoms with Gasteiger partial charge in [0.25, 0.3) is 0 Å². The van der Waals surface area contributed by atoms with Crippen molar-refractivity contribution in [2.45, 2.75) is 26.7 Å². The predicted octanol–water partition coefficient (Wildman–Crippen LogP) is 6.50. The number of Topliss-reactive ketones (excluding diaryl/α,β-unsaturated/α-hetero) is 1. The average molecular weight is 581 g/mol. The lowest BCUT2D eigenvalue weighted by Crippen LogP contribution is -2.20. The summed E-state index contributed by atoms with van der Waals surface area (Å²) in [5, 5.41) is 0. The molecule has 43 heavy (non-hydrogen) atoms. The Labute approximate surface area is 248 Å². The van der Waals surface area contributed by atoms with E-state index in [1.54, 1.807) is 54.6 Å². The van der Waals surface area contributed by atoms with Crippen LogP contribution in [0, 0.1) is 0 Å². The highest BCUT2D eigenvalue weighted by Gasteiger charge is 2.33. The SMILES string of the molecule is CCCCOC(=O)c1cc(OC(=O)c2ccccc2)c(OC(=O)c2ccccc2)c(OC(=O)c2ccccc2)c1C(C)=O. The molecule has 0 spiro atoms. The zero-order chi connectivity index (χ0) is 30.8. The van der Waals surface area contributed by atoms with Crippen LogP contribution in [-0.4, -0.2) is 36.3 Å². The van der Waals surface area contributed by atoms with E-state index in [0.717, 1.165) is 19.4 Å². The van der Waals surface area contributed by atoms with E-state index in [4.69, 9.17) is 18.9 Å². The molecule has 0 atom stereocenters. The molecule has 0 saturated heterocycles. The third-order valence-corrected chi connectivity index (χ3v) is 6.13. The van der Waals surface area contributed by atoms with Gasteiger partial charge in [-0.05, 0) is 49.7 Å². The van der Waals surface area contributed by atoms with Crippen LogP contribution in [0.4, 0.5) is 0 Å². The van der Waals surface area contributed by atoms with Crippen LogP contribution in [0.2, 0.25) is 0 Å². The second-order valence-corrected chi connectivity index (χ2v) is 9.27. The Morgan fingerprint density at radius 2 is 1.02 bits per heavy atom. The average Bonchev–Trinajstić information content (AvgIpc) is 3.03. The standard InChI is InChI=1S/C34H28O9/c1-3-4-20-40-34(39)26-21-27(41-31(36)23-14-8-5-9-15-23)29(42-32(37)24-16-10-6-11-17-24)30(28(26)22(2)35)43-33(38)25-18-12-7-13-19-25/h5-19,21H,3-4,20H2,1-2H3. The van der Waals surface area contributed by atoms with Crippen molar-refractivity contribution in [1.82, 2.24) is 0 Å². The second kappa shape index (κ2) is 14.4. The van der Waals surface area contributed by atoms with E-state index >= 15 is 0 Å². The summed E-state index contributed by atoms with van der Waals surface area (Å²) in [4.78, 5) is 65.9. The lowest BCUT2D eigenvalue weighted by Gasteiger charge is -2.19. The van der Waals surface area contributed by atoms with Gasteiger partial charge in [-0.25, -0.2) is 19.2 Å². The molecule has 0 aliphatic rings. The minimum Gasteiger partial charge on any atom is -0.462 e. The Morgan fingerprint density at radius 1 is 0.581 bits per heavy atom. The van der Waals surface area contributed by atoms with E-state index in [9.17, 15) is 24.0 Å². The fraction of sp³-hybridized carbons (Fsp3) is 0.147. The van der Waals surface area contributed by atoms with Crippen LogP contribution in [0.5, 0.6) is 17.2 Å². The molecule has 9 nitrogen and oxygen atoms in total. The molecule has 0 saturated carbocycles. The molecular formula is C34H28O9. The molecule has 0 aromatic heterocycles. The van der Waals surface area contributed by atoms with Crippen LogP contribution in [0.1, 0.15) is 78.5 Å². The van der Waals surface area contributed by atoms with Crippen molar-refractivity contribution < 1.29 is 42.9 Å². The van der Waals surface area contributed by atoms with Crippen molar-refractivity contribution in [3.8, 4) is 17.2 Å². The van der Waals surface area contributed by atoms with Crippen molar-refractivity contribution in [3.63, 3.8) is 0 Å². The summed E-state index contributed by atoms with van der Waals surface area (Å²) in [7, 11) is 0. The minimum atomic E-state index is -0.923. The predicted molar refractivity (Wildman–Crippen MR) is 156 cm³/mol. The lowest BCUT2D eigenvalue weighted by atomic mass is 10.0. The van der Waals surface area contributed by atoms with Gasteiger partial charge in [0.2, 0.25) is 5.75 Å². The van der Waals surface area contributed by atoms with Gasteiger partial charge in [0.1, 0.15) is 0 Å². The summed E-state index contributed by atoms with van der Waals surface area (Å²) in [6, 6.07) is 24.8. The maximum Gasteiger partial charge on any atom is 0.343 e. The molecule has 0 aliphatic heterocycles. The van der Waals surface area contributed by atoms with E-state index in [-0.39, 0.29) is 34.4 Å². The molecule has 0 bridgehead atoms. The first-order valence-corrected chi connectivity index (χ1v) is 13.5. The van der Waals surface area contributed by atoms with Gasteiger partial charge in [0.05, 0.1) is 34.4 Å². The molecule has 0 unspecified atom stereocenters. The molecule has 4 rings (SSSR count). The maximum atomic E-state index is 13.3. The quantitative estimate of drug-likeness (QED) is 0.0846. The van der Waals surface area contributed by atoms with Crippen LogP contribution >= 0.6 is 0 Å². The molecule has 0 fully saturated rings. The molecule has 0 radical (unpaired) electrons.